The summed E-state index contributed by atoms with van der Waals surface area (Å²) in [5, 5.41) is 6.81. The summed E-state index contributed by atoms with van der Waals surface area (Å²) in [5.41, 5.74) is 0.341. The van der Waals surface area contributed by atoms with Crippen molar-refractivity contribution in [3.05, 3.63) is 0 Å². The number of unbranched alkanes of at least 4 members (excludes halogenated alkanes) is 1. The summed E-state index contributed by atoms with van der Waals surface area (Å²) in [7, 11) is 3.48. The largest absolute Gasteiger partial charge is 0.385 e. The van der Waals surface area contributed by atoms with Crippen LogP contribution in [0.4, 0.5) is 0 Å². The number of halogens is 1. The lowest BCUT2D eigenvalue weighted by Gasteiger charge is -2.27. The number of methoxy groups -OCH3 is 2. The predicted octanol–water partition coefficient (Wildman–Crippen LogP) is 3.20. The number of hydrogen-bond donors (Lipinski definition) is 2. The Morgan fingerprint density at radius 3 is 2.35 bits per heavy atom. The zero-order valence-electron chi connectivity index (χ0n) is 17.0. The van der Waals surface area contributed by atoms with Gasteiger partial charge < -0.3 is 24.8 Å². The van der Waals surface area contributed by atoms with Crippen LogP contribution in [-0.2, 0) is 14.2 Å². The van der Waals surface area contributed by atoms with E-state index in [9.17, 15) is 0 Å². The molecule has 2 N–H and O–H groups in total. The molecule has 0 spiro atoms. The first kappa shape index (κ1) is 25.9. The molecule has 7 heteroatoms. The molecule has 0 aromatic rings. The summed E-state index contributed by atoms with van der Waals surface area (Å²) in [6, 6.07) is 0. The number of nitrogens with zero attached hydrogens (tertiary/aromatic N) is 1. The predicted molar refractivity (Wildman–Crippen MR) is 119 cm³/mol. The van der Waals surface area contributed by atoms with Crippen molar-refractivity contribution < 1.29 is 14.2 Å². The van der Waals surface area contributed by atoms with E-state index in [-0.39, 0.29) is 24.0 Å². The second kappa shape index (κ2) is 17.0. The van der Waals surface area contributed by atoms with Crippen LogP contribution in [0, 0.1) is 5.41 Å². The van der Waals surface area contributed by atoms with Gasteiger partial charge in [0.15, 0.2) is 5.96 Å². The van der Waals surface area contributed by atoms with Crippen molar-refractivity contribution in [3.63, 3.8) is 0 Å². The smallest absolute Gasteiger partial charge is 0.191 e. The van der Waals surface area contributed by atoms with E-state index in [1.165, 1.54) is 25.7 Å². The molecule has 0 amide bonds. The lowest BCUT2D eigenvalue weighted by molar-refractivity contribution is 0.0689. The Balaban J connectivity index is 0.00000625. The average Bonchev–Trinajstić information content (AvgIpc) is 3.09. The van der Waals surface area contributed by atoms with Crippen molar-refractivity contribution in [2.45, 2.75) is 51.9 Å². The van der Waals surface area contributed by atoms with Crippen LogP contribution < -0.4 is 10.6 Å². The second-order valence-corrected chi connectivity index (χ2v) is 6.88. The molecule has 0 radical (unpaired) electrons. The maximum absolute atomic E-state index is 5.48. The van der Waals surface area contributed by atoms with E-state index < -0.39 is 0 Å². The molecule has 1 rings (SSSR count). The van der Waals surface area contributed by atoms with Crippen LogP contribution in [0.1, 0.15) is 51.9 Å². The van der Waals surface area contributed by atoms with Crippen LogP contribution in [-0.4, -0.2) is 66.2 Å². The van der Waals surface area contributed by atoms with E-state index in [0.29, 0.717) is 18.6 Å². The molecule has 0 saturated heterocycles. The van der Waals surface area contributed by atoms with Crippen molar-refractivity contribution in [1.29, 1.82) is 0 Å². The molecule has 0 aromatic carbocycles. The Hall–Kier alpha value is -0.120. The fraction of sp³-hybridized carbons (Fsp3) is 0.947. The summed E-state index contributed by atoms with van der Waals surface area (Å²) < 4.78 is 15.8. The standard InChI is InChI=1S/C19H39N3O3.HI/c1-4-20-18(21-12-7-8-13-25-16-15-24-3)22-17-19(11-14-23-2)9-5-6-10-19;/h4-17H2,1-3H3,(H2,20,21,22);1H. The topological polar surface area (TPSA) is 64.1 Å². The highest BCUT2D eigenvalue weighted by Crippen LogP contribution is 2.41. The monoisotopic (exact) mass is 485 g/mol. The molecule has 0 heterocycles. The third-order valence-corrected chi connectivity index (χ3v) is 4.86. The van der Waals surface area contributed by atoms with Gasteiger partial charge in [-0.15, -0.1) is 24.0 Å². The molecule has 0 atom stereocenters. The number of nitrogens with one attached hydrogen (secondary N) is 2. The molecule has 26 heavy (non-hydrogen) atoms. The van der Waals surface area contributed by atoms with Crippen LogP contribution in [0.5, 0.6) is 0 Å². The van der Waals surface area contributed by atoms with Crippen LogP contribution in [0.25, 0.3) is 0 Å². The van der Waals surface area contributed by atoms with Gasteiger partial charge in [0, 0.05) is 47.1 Å². The molecule has 1 fully saturated rings. The molecule has 6 nitrogen and oxygen atoms in total. The number of aliphatic imine (C=N–C) groups is 1. The molecule has 0 aliphatic heterocycles. The van der Waals surface area contributed by atoms with Crippen molar-refractivity contribution in [1.82, 2.24) is 10.6 Å². The van der Waals surface area contributed by atoms with Crippen LogP contribution in [0.3, 0.4) is 0 Å². The SMILES string of the molecule is CCNC(=NCC1(CCOC)CCCC1)NCCCCOCCOC.I. The molecular weight excluding hydrogens is 445 g/mol. The highest BCUT2D eigenvalue weighted by atomic mass is 127. The van der Waals surface area contributed by atoms with Crippen LogP contribution in [0.15, 0.2) is 4.99 Å². The number of guanidine groups is 1. The second-order valence-electron chi connectivity index (χ2n) is 6.88. The summed E-state index contributed by atoms with van der Waals surface area (Å²) in [6.45, 7) is 7.78. The quantitative estimate of drug-likeness (QED) is 0.171. The number of hydrogen-bond acceptors (Lipinski definition) is 4. The molecule has 156 valence electrons. The Kier molecular flexibility index (Phi) is 16.9. The Bertz CT molecular complexity index is 351. The van der Waals surface area contributed by atoms with E-state index >= 15 is 0 Å². The fourth-order valence-electron chi connectivity index (χ4n) is 3.30. The highest BCUT2D eigenvalue weighted by molar-refractivity contribution is 14.0. The van der Waals surface area contributed by atoms with Gasteiger partial charge in [0.1, 0.15) is 0 Å². The molecule has 1 saturated carbocycles. The van der Waals surface area contributed by atoms with Crippen LogP contribution >= 0.6 is 24.0 Å². The summed E-state index contributed by atoms with van der Waals surface area (Å²) in [6.07, 6.45) is 8.44. The Morgan fingerprint density at radius 2 is 1.69 bits per heavy atom. The van der Waals surface area contributed by atoms with Gasteiger partial charge in [-0.25, -0.2) is 0 Å². The van der Waals surface area contributed by atoms with E-state index in [2.05, 4.69) is 17.6 Å². The number of ether oxygens (including phenoxy) is 3. The molecule has 1 aliphatic carbocycles. The van der Waals surface area contributed by atoms with Gasteiger partial charge in [0.25, 0.3) is 0 Å². The Labute approximate surface area is 177 Å². The van der Waals surface area contributed by atoms with E-state index in [1.54, 1.807) is 14.2 Å². The van der Waals surface area contributed by atoms with Crippen LogP contribution in [0.2, 0.25) is 0 Å². The van der Waals surface area contributed by atoms with Crippen molar-refractivity contribution in [2.75, 3.05) is 60.3 Å². The van der Waals surface area contributed by atoms with E-state index in [1.807, 2.05) is 0 Å². The molecule has 0 unspecified atom stereocenters. The first-order valence-electron chi connectivity index (χ1n) is 9.84. The van der Waals surface area contributed by atoms with Gasteiger partial charge in [0.2, 0.25) is 0 Å². The summed E-state index contributed by atoms with van der Waals surface area (Å²) in [5.74, 6) is 0.937. The minimum absolute atomic E-state index is 0. The number of rotatable bonds is 14. The van der Waals surface area contributed by atoms with Gasteiger partial charge in [0.05, 0.1) is 13.2 Å². The fourth-order valence-corrected chi connectivity index (χ4v) is 3.30. The van der Waals surface area contributed by atoms with E-state index in [4.69, 9.17) is 19.2 Å². The van der Waals surface area contributed by atoms with Crippen molar-refractivity contribution in [2.24, 2.45) is 10.4 Å². The van der Waals surface area contributed by atoms with Gasteiger partial charge in [-0.1, -0.05) is 12.8 Å². The zero-order chi connectivity index (χ0) is 18.2. The summed E-state index contributed by atoms with van der Waals surface area (Å²) in [4.78, 5) is 4.87. The van der Waals surface area contributed by atoms with E-state index in [0.717, 1.165) is 58.1 Å². The molecule has 1 aliphatic rings. The maximum Gasteiger partial charge on any atom is 0.191 e. The van der Waals surface area contributed by atoms with Crippen molar-refractivity contribution in [3.8, 4) is 0 Å². The van der Waals surface area contributed by atoms with Gasteiger partial charge in [-0.05, 0) is 44.4 Å². The first-order chi connectivity index (χ1) is 12.3. The maximum atomic E-state index is 5.48. The Morgan fingerprint density at radius 1 is 0.962 bits per heavy atom. The third kappa shape index (κ3) is 11.6. The molecule has 0 aromatic heterocycles. The lowest BCUT2D eigenvalue weighted by Crippen LogP contribution is -2.39. The molecule has 0 bridgehead atoms. The highest BCUT2D eigenvalue weighted by Gasteiger charge is 2.33. The van der Waals surface area contributed by atoms with Gasteiger partial charge in [-0.3, -0.25) is 4.99 Å². The minimum Gasteiger partial charge on any atom is -0.385 e. The first-order valence-corrected chi connectivity index (χ1v) is 9.84. The van der Waals surface area contributed by atoms with Crippen molar-refractivity contribution >= 4 is 29.9 Å². The van der Waals surface area contributed by atoms with Gasteiger partial charge in [-0.2, -0.15) is 0 Å². The average molecular weight is 485 g/mol. The summed E-state index contributed by atoms with van der Waals surface area (Å²) >= 11 is 0. The zero-order valence-corrected chi connectivity index (χ0v) is 19.3. The van der Waals surface area contributed by atoms with Gasteiger partial charge >= 0.3 is 0 Å². The normalized spacial score (nSPS) is 16.3. The lowest BCUT2D eigenvalue weighted by atomic mass is 9.83. The minimum atomic E-state index is 0. The third-order valence-electron chi connectivity index (χ3n) is 4.86. The molecular formula is C19H40IN3O3.